The van der Waals surface area contributed by atoms with E-state index >= 15 is 0 Å². The fraction of sp³-hybridized carbons (Fsp3) is 0.429. The van der Waals surface area contributed by atoms with Gasteiger partial charge in [0.25, 0.3) is 0 Å². The van der Waals surface area contributed by atoms with Crippen LogP contribution in [0, 0.1) is 0 Å². The van der Waals surface area contributed by atoms with E-state index in [4.69, 9.17) is 4.74 Å². The first-order valence-corrected chi connectivity index (χ1v) is 6.75. The van der Waals surface area contributed by atoms with Crippen molar-refractivity contribution in [1.82, 2.24) is 0 Å². The zero-order valence-corrected chi connectivity index (χ0v) is 10.3. The van der Waals surface area contributed by atoms with Gasteiger partial charge in [0.05, 0.1) is 5.60 Å². The molecule has 0 amide bonds. The molecule has 1 heterocycles. The van der Waals surface area contributed by atoms with Crippen molar-refractivity contribution in [2.24, 2.45) is 0 Å². The first-order chi connectivity index (χ1) is 7.83. The predicted octanol–water partition coefficient (Wildman–Crippen LogP) is 3.61. The third kappa shape index (κ3) is 1.61. The van der Waals surface area contributed by atoms with Crippen LogP contribution in [-0.4, -0.2) is 18.5 Å². The van der Waals surface area contributed by atoms with Crippen molar-refractivity contribution in [2.45, 2.75) is 29.3 Å². The van der Waals surface area contributed by atoms with Crippen LogP contribution in [-0.2, 0) is 4.74 Å². The van der Waals surface area contributed by atoms with Crippen molar-refractivity contribution < 1.29 is 4.74 Å². The number of methoxy groups -OCH3 is 1. The van der Waals surface area contributed by atoms with Crippen molar-refractivity contribution in [3.63, 3.8) is 0 Å². The number of thioether (sulfide) groups is 1. The van der Waals surface area contributed by atoms with Crippen molar-refractivity contribution in [2.75, 3.05) is 12.9 Å². The van der Waals surface area contributed by atoms with Crippen LogP contribution in [0.4, 0.5) is 0 Å². The van der Waals surface area contributed by atoms with E-state index in [1.54, 1.807) is 0 Å². The maximum Gasteiger partial charge on any atom is 0.0815 e. The first-order valence-electron chi connectivity index (χ1n) is 5.77. The monoisotopic (exact) mass is 232 g/mol. The number of allylic oxidation sites excluding steroid dienone is 1. The number of ether oxygens (including phenoxy) is 1. The van der Waals surface area contributed by atoms with E-state index in [9.17, 15) is 0 Å². The summed E-state index contributed by atoms with van der Waals surface area (Å²) in [5, 5.41) is 0. The minimum atomic E-state index is 0.0586. The molecule has 1 aliphatic carbocycles. The molecular weight excluding hydrogens is 216 g/mol. The summed E-state index contributed by atoms with van der Waals surface area (Å²) in [6.45, 7) is 0. The Hall–Kier alpha value is -0.730. The van der Waals surface area contributed by atoms with Gasteiger partial charge in [0.2, 0.25) is 0 Å². The third-order valence-corrected chi connectivity index (χ3v) is 5.05. The van der Waals surface area contributed by atoms with Gasteiger partial charge >= 0.3 is 0 Å². The van der Waals surface area contributed by atoms with Crippen LogP contribution in [0.2, 0.25) is 0 Å². The van der Waals surface area contributed by atoms with Gasteiger partial charge in [-0.25, -0.2) is 0 Å². The van der Waals surface area contributed by atoms with E-state index in [1.165, 1.54) is 10.5 Å². The molecule has 16 heavy (non-hydrogen) atoms. The summed E-state index contributed by atoms with van der Waals surface area (Å²) in [5.41, 5.74) is 1.53. The average molecular weight is 232 g/mol. The second kappa shape index (κ2) is 3.94. The molecule has 0 spiro atoms. The lowest BCUT2D eigenvalue weighted by atomic mass is 9.80. The Morgan fingerprint density at radius 1 is 1.38 bits per heavy atom. The molecule has 0 aromatic heterocycles. The molecule has 2 atom stereocenters. The lowest BCUT2D eigenvalue weighted by molar-refractivity contribution is 0.000101. The Morgan fingerprint density at radius 2 is 2.25 bits per heavy atom. The van der Waals surface area contributed by atoms with E-state index in [2.05, 4.69) is 36.4 Å². The molecule has 1 aliphatic heterocycles. The topological polar surface area (TPSA) is 9.23 Å². The van der Waals surface area contributed by atoms with E-state index in [1.807, 2.05) is 18.9 Å². The second-order valence-corrected chi connectivity index (χ2v) is 5.67. The van der Waals surface area contributed by atoms with Gasteiger partial charge in [-0.05, 0) is 24.5 Å². The highest BCUT2D eigenvalue weighted by Crippen LogP contribution is 2.45. The lowest BCUT2D eigenvalue weighted by Crippen LogP contribution is -2.36. The largest absolute Gasteiger partial charge is 0.377 e. The zero-order valence-electron chi connectivity index (χ0n) is 9.48. The molecule has 1 aromatic carbocycles. The van der Waals surface area contributed by atoms with Gasteiger partial charge in [0.15, 0.2) is 0 Å². The van der Waals surface area contributed by atoms with Crippen molar-refractivity contribution in [3.8, 4) is 0 Å². The molecule has 2 aliphatic rings. The molecule has 0 N–H and O–H groups in total. The van der Waals surface area contributed by atoms with Crippen LogP contribution >= 0.6 is 11.8 Å². The second-order valence-electron chi connectivity index (χ2n) is 4.66. The highest BCUT2D eigenvalue weighted by Gasteiger charge is 2.37. The number of benzene rings is 1. The van der Waals surface area contributed by atoms with Crippen molar-refractivity contribution in [1.29, 1.82) is 0 Å². The van der Waals surface area contributed by atoms with Gasteiger partial charge in [0.1, 0.15) is 0 Å². The average Bonchev–Trinajstić information content (AvgIpc) is 2.47. The predicted molar refractivity (Wildman–Crippen MR) is 68.0 cm³/mol. The Morgan fingerprint density at radius 3 is 3.12 bits per heavy atom. The fourth-order valence-electron chi connectivity index (χ4n) is 2.68. The van der Waals surface area contributed by atoms with Gasteiger partial charge in [-0.1, -0.05) is 30.4 Å². The summed E-state index contributed by atoms with van der Waals surface area (Å²) < 4.78 is 5.79. The Bertz CT molecular complexity index is 426. The summed E-state index contributed by atoms with van der Waals surface area (Å²) in [5.74, 6) is 1.61. The molecule has 2 heteroatoms. The molecule has 2 bridgehead atoms. The summed E-state index contributed by atoms with van der Waals surface area (Å²) in [6.07, 6.45) is 6.83. The SMILES string of the molecule is COC12CC=CC(C1)c1ccccc1SC2. The van der Waals surface area contributed by atoms with E-state index in [0.717, 1.165) is 18.6 Å². The molecule has 0 saturated heterocycles. The number of fused-ring (bicyclic) bond motifs is 4. The highest BCUT2D eigenvalue weighted by atomic mass is 32.2. The normalized spacial score (nSPS) is 31.9. The van der Waals surface area contributed by atoms with Crippen molar-refractivity contribution >= 4 is 11.8 Å². The molecule has 0 saturated carbocycles. The van der Waals surface area contributed by atoms with Gasteiger partial charge in [-0.3, -0.25) is 0 Å². The lowest BCUT2D eigenvalue weighted by Gasteiger charge is -2.34. The molecule has 1 nitrogen and oxygen atoms in total. The molecule has 0 fully saturated rings. The van der Waals surface area contributed by atoms with Crippen LogP contribution in [0.5, 0.6) is 0 Å². The van der Waals surface area contributed by atoms with E-state index in [-0.39, 0.29) is 5.60 Å². The van der Waals surface area contributed by atoms with Crippen molar-refractivity contribution in [3.05, 3.63) is 42.0 Å². The van der Waals surface area contributed by atoms with Gasteiger partial charge in [0, 0.05) is 23.7 Å². The number of hydrogen-bond acceptors (Lipinski definition) is 2. The fourth-order valence-corrected chi connectivity index (χ4v) is 4.02. The summed E-state index contributed by atoms with van der Waals surface area (Å²) >= 11 is 1.94. The summed E-state index contributed by atoms with van der Waals surface area (Å²) in [4.78, 5) is 1.43. The third-order valence-electron chi connectivity index (χ3n) is 3.69. The summed E-state index contributed by atoms with van der Waals surface area (Å²) in [6, 6.07) is 8.76. The molecule has 0 radical (unpaired) electrons. The van der Waals surface area contributed by atoms with E-state index < -0.39 is 0 Å². The van der Waals surface area contributed by atoms with Crippen LogP contribution in [0.25, 0.3) is 0 Å². The zero-order chi connectivity index (χ0) is 11.0. The Kier molecular flexibility index (Phi) is 2.56. The minimum absolute atomic E-state index is 0.0586. The van der Waals surface area contributed by atoms with Gasteiger partial charge < -0.3 is 4.74 Å². The Balaban J connectivity index is 2.06. The first kappa shape index (κ1) is 10.4. The molecule has 1 aromatic rings. The molecular formula is C14H16OS. The van der Waals surface area contributed by atoms with Crippen LogP contribution in [0.15, 0.2) is 41.3 Å². The Labute approximate surface area is 101 Å². The standard InChI is InChI=1S/C14H16OS/c1-15-14-8-4-5-11(9-14)12-6-2-3-7-13(12)16-10-14/h2-7,11H,8-10H2,1H3. The van der Waals surface area contributed by atoms with Crippen LogP contribution in [0.3, 0.4) is 0 Å². The maximum atomic E-state index is 5.79. The van der Waals surface area contributed by atoms with Crippen LogP contribution < -0.4 is 0 Å². The minimum Gasteiger partial charge on any atom is -0.377 e. The number of hydrogen-bond donors (Lipinski definition) is 0. The van der Waals surface area contributed by atoms with Gasteiger partial charge in [-0.15, -0.1) is 11.8 Å². The number of rotatable bonds is 1. The van der Waals surface area contributed by atoms with Gasteiger partial charge in [-0.2, -0.15) is 0 Å². The molecule has 3 rings (SSSR count). The quantitative estimate of drug-likeness (QED) is 0.684. The highest BCUT2D eigenvalue weighted by molar-refractivity contribution is 7.99. The van der Waals surface area contributed by atoms with Crippen LogP contribution in [0.1, 0.15) is 24.3 Å². The maximum absolute atomic E-state index is 5.79. The summed E-state index contributed by atoms with van der Waals surface area (Å²) in [7, 11) is 1.85. The molecule has 84 valence electrons. The van der Waals surface area contributed by atoms with E-state index in [0.29, 0.717) is 5.92 Å². The smallest absolute Gasteiger partial charge is 0.0815 e. The molecule has 2 unspecified atom stereocenters.